The molecule has 1 saturated heterocycles. The molecule has 1 aromatic carbocycles. The monoisotopic (exact) mass is 384 g/mol. The molecule has 4 rings (SSSR count). The van der Waals surface area contributed by atoms with E-state index in [0.717, 1.165) is 10.9 Å². The fourth-order valence-corrected chi connectivity index (χ4v) is 3.40. The van der Waals surface area contributed by atoms with Crippen molar-refractivity contribution in [3.8, 4) is 0 Å². The van der Waals surface area contributed by atoms with Gasteiger partial charge in [0.2, 0.25) is 0 Å². The number of piperidine rings is 1. The first-order valence-corrected chi connectivity index (χ1v) is 9.24. The van der Waals surface area contributed by atoms with Crippen LogP contribution < -0.4 is 0 Å². The van der Waals surface area contributed by atoms with E-state index in [-0.39, 0.29) is 37.7 Å². The maximum absolute atomic E-state index is 15.3. The predicted molar refractivity (Wildman–Crippen MR) is 99.5 cm³/mol. The smallest absolute Gasteiger partial charge is 0.264 e. The molecule has 0 bridgehead atoms. The standard InChI is InChI=1S/C20H21FN4O3/c1-27-12-6-17-23-19(28-24-17)20(21)7-10-25(11-8-20)18(26)15-4-5-16-14(13-15)3-2-9-22-16/h2-5,9,13H,6-8,10-12H2,1H3. The highest BCUT2D eigenvalue weighted by Crippen LogP contribution is 2.36. The fraction of sp³-hybridized carbons (Fsp3) is 0.400. The molecule has 3 aromatic rings. The summed E-state index contributed by atoms with van der Waals surface area (Å²) in [6.45, 7) is 1.02. The van der Waals surface area contributed by atoms with Gasteiger partial charge in [0.25, 0.3) is 11.8 Å². The summed E-state index contributed by atoms with van der Waals surface area (Å²) in [5, 5.41) is 4.71. The summed E-state index contributed by atoms with van der Waals surface area (Å²) < 4.78 is 25.4. The number of ether oxygens (including phenoxy) is 1. The van der Waals surface area contributed by atoms with E-state index in [1.54, 1.807) is 24.3 Å². The first kappa shape index (κ1) is 18.5. The maximum Gasteiger partial charge on any atom is 0.264 e. The molecule has 7 nitrogen and oxygen atoms in total. The number of halogens is 1. The molecule has 1 amide bonds. The van der Waals surface area contributed by atoms with Gasteiger partial charge in [-0.15, -0.1) is 0 Å². The number of nitrogens with zero attached hydrogens (tertiary/aromatic N) is 4. The van der Waals surface area contributed by atoms with Gasteiger partial charge in [-0.1, -0.05) is 11.2 Å². The maximum atomic E-state index is 15.3. The van der Waals surface area contributed by atoms with Crippen LogP contribution in [0.4, 0.5) is 4.39 Å². The third-order valence-electron chi connectivity index (χ3n) is 5.07. The largest absolute Gasteiger partial charge is 0.384 e. The highest BCUT2D eigenvalue weighted by molar-refractivity contribution is 5.98. The summed E-state index contributed by atoms with van der Waals surface area (Å²) in [4.78, 5) is 22.9. The number of carbonyl (C=O) groups excluding carboxylic acids is 1. The van der Waals surface area contributed by atoms with Crippen LogP contribution in [0.15, 0.2) is 41.1 Å². The van der Waals surface area contributed by atoms with Crippen molar-refractivity contribution in [2.75, 3.05) is 26.8 Å². The Bertz CT molecular complexity index is 982. The number of rotatable bonds is 5. The molecule has 0 N–H and O–H groups in total. The van der Waals surface area contributed by atoms with Crippen LogP contribution in [0.3, 0.4) is 0 Å². The normalized spacial score (nSPS) is 16.4. The van der Waals surface area contributed by atoms with Crippen LogP contribution in [0.5, 0.6) is 0 Å². The van der Waals surface area contributed by atoms with Gasteiger partial charge < -0.3 is 14.2 Å². The molecule has 2 aromatic heterocycles. The van der Waals surface area contributed by atoms with Gasteiger partial charge in [0.05, 0.1) is 12.1 Å². The molecule has 1 aliphatic rings. The Hall–Kier alpha value is -2.87. The molecule has 1 fully saturated rings. The topological polar surface area (TPSA) is 81.4 Å². The van der Waals surface area contributed by atoms with Crippen LogP contribution in [0.2, 0.25) is 0 Å². The van der Waals surface area contributed by atoms with E-state index in [1.165, 1.54) is 0 Å². The number of amides is 1. The molecule has 0 radical (unpaired) electrons. The summed E-state index contributed by atoms with van der Waals surface area (Å²) in [7, 11) is 1.58. The first-order chi connectivity index (χ1) is 13.6. The molecule has 28 heavy (non-hydrogen) atoms. The van der Waals surface area contributed by atoms with Crippen LogP contribution >= 0.6 is 0 Å². The molecule has 0 saturated carbocycles. The minimum Gasteiger partial charge on any atom is -0.384 e. The highest BCUT2D eigenvalue weighted by atomic mass is 19.1. The van der Waals surface area contributed by atoms with Gasteiger partial charge in [-0.25, -0.2) is 4.39 Å². The Morgan fingerprint density at radius 2 is 2.14 bits per heavy atom. The molecular formula is C20H21FN4O3. The first-order valence-electron chi connectivity index (χ1n) is 9.24. The Balaban J connectivity index is 1.43. The van der Waals surface area contributed by atoms with Crippen LogP contribution in [-0.2, 0) is 16.8 Å². The molecule has 0 aliphatic carbocycles. The van der Waals surface area contributed by atoms with Crippen molar-refractivity contribution < 1.29 is 18.4 Å². The van der Waals surface area contributed by atoms with E-state index >= 15 is 4.39 Å². The lowest BCUT2D eigenvalue weighted by atomic mass is 9.92. The number of benzene rings is 1. The average Bonchev–Trinajstić information content (AvgIpc) is 3.22. The molecule has 3 heterocycles. The second-order valence-corrected chi connectivity index (χ2v) is 6.93. The minimum atomic E-state index is -1.71. The van der Waals surface area contributed by atoms with E-state index in [0.29, 0.717) is 24.4 Å². The van der Waals surface area contributed by atoms with Gasteiger partial charge in [0, 0.05) is 56.6 Å². The van der Waals surface area contributed by atoms with Gasteiger partial charge in [-0.3, -0.25) is 9.78 Å². The summed E-state index contributed by atoms with van der Waals surface area (Å²) in [5.74, 6) is 0.304. The minimum absolute atomic E-state index is 0.0116. The van der Waals surface area contributed by atoms with Crippen LogP contribution in [-0.4, -0.2) is 52.7 Å². The van der Waals surface area contributed by atoms with E-state index in [4.69, 9.17) is 9.26 Å². The number of hydrogen-bond donors (Lipinski definition) is 0. The number of fused-ring (bicyclic) bond motifs is 1. The van der Waals surface area contributed by atoms with Crippen molar-refractivity contribution in [1.29, 1.82) is 0 Å². The van der Waals surface area contributed by atoms with E-state index < -0.39 is 5.67 Å². The zero-order valence-electron chi connectivity index (χ0n) is 15.6. The number of pyridine rings is 1. The average molecular weight is 384 g/mol. The SMILES string of the molecule is COCCc1noc(C2(F)CCN(C(=O)c3ccc4ncccc4c3)CC2)n1. The molecule has 0 unspecified atom stereocenters. The summed E-state index contributed by atoms with van der Waals surface area (Å²) in [5.41, 5.74) is -0.296. The third kappa shape index (κ3) is 3.60. The molecule has 8 heteroatoms. The summed E-state index contributed by atoms with van der Waals surface area (Å²) in [6, 6.07) is 9.15. The van der Waals surface area contributed by atoms with Crippen molar-refractivity contribution in [3.05, 3.63) is 53.8 Å². The van der Waals surface area contributed by atoms with Gasteiger partial charge in [0.1, 0.15) is 0 Å². The zero-order chi connectivity index (χ0) is 19.6. The van der Waals surface area contributed by atoms with Gasteiger partial charge in [-0.2, -0.15) is 4.98 Å². The molecular weight excluding hydrogens is 363 g/mol. The van der Waals surface area contributed by atoms with Crippen molar-refractivity contribution in [3.63, 3.8) is 0 Å². The number of methoxy groups -OCH3 is 1. The zero-order valence-corrected chi connectivity index (χ0v) is 15.6. The van der Waals surface area contributed by atoms with Crippen LogP contribution in [0, 0.1) is 0 Å². The highest BCUT2D eigenvalue weighted by Gasteiger charge is 2.42. The molecule has 0 spiro atoms. The Kier molecular flexibility index (Phi) is 5.04. The fourth-order valence-electron chi connectivity index (χ4n) is 3.40. The Labute approximate surface area is 161 Å². The Morgan fingerprint density at radius 1 is 1.32 bits per heavy atom. The summed E-state index contributed by atoms with van der Waals surface area (Å²) in [6.07, 6.45) is 2.44. The van der Waals surface area contributed by atoms with Crippen molar-refractivity contribution >= 4 is 16.8 Å². The van der Waals surface area contributed by atoms with Gasteiger partial charge in [0.15, 0.2) is 11.5 Å². The number of likely N-dealkylation sites (tertiary alicyclic amines) is 1. The number of aromatic nitrogens is 3. The van der Waals surface area contributed by atoms with Gasteiger partial charge in [-0.05, 0) is 24.3 Å². The molecule has 146 valence electrons. The molecule has 1 aliphatic heterocycles. The van der Waals surface area contributed by atoms with Crippen LogP contribution in [0.25, 0.3) is 10.9 Å². The summed E-state index contributed by atoms with van der Waals surface area (Å²) >= 11 is 0. The second-order valence-electron chi connectivity index (χ2n) is 6.93. The Morgan fingerprint density at radius 3 is 2.93 bits per heavy atom. The van der Waals surface area contributed by atoms with E-state index in [1.807, 2.05) is 24.3 Å². The number of hydrogen-bond acceptors (Lipinski definition) is 6. The van der Waals surface area contributed by atoms with Crippen molar-refractivity contribution in [2.45, 2.75) is 24.9 Å². The van der Waals surface area contributed by atoms with E-state index in [2.05, 4.69) is 15.1 Å². The van der Waals surface area contributed by atoms with Crippen LogP contribution in [0.1, 0.15) is 34.9 Å². The molecule has 0 atom stereocenters. The lowest BCUT2D eigenvalue weighted by Gasteiger charge is -2.34. The van der Waals surface area contributed by atoms with E-state index in [9.17, 15) is 4.79 Å². The lowest BCUT2D eigenvalue weighted by Crippen LogP contribution is -2.43. The quantitative estimate of drug-likeness (QED) is 0.673. The lowest BCUT2D eigenvalue weighted by molar-refractivity contribution is 0.0249. The van der Waals surface area contributed by atoms with Gasteiger partial charge >= 0.3 is 0 Å². The number of alkyl halides is 1. The van der Waals surface area contributed by atoms with Crippen molar-refractivity contribution in [1.82, 2.24) is 20.0 Å². The predicted octanol–water partition coefficient (Wildman–Crippen LogP) is 2.91. The third-order valence-corrected chi connectivity index (χ3v) is 5.07. The second kappa shape index (κ2) is 7.63. The number of carbonyl (C=O) groups is 1. The van der Waals surface area contributed by atoms with Crippen molar-refractivity contribution in [2.24, 2.45) is 0 Å².